The third-order valence-corrected chi connectivity index (χ3v) is 7.85. The molecule has 2 unspecified atom stereocenters. The Morgan fingerprint density at radius 3 is 2.76 bits per heavy atom. The summed E-state index contributed by atoms with van der Waals surface area (Å²) in [5.41, 5.74) is 1.74. The van der Waals surface area contributed by atoms with E-state index in [0.717, 1.165) is 60.5 Å². The molecule has 0 amide bonds. The third-order valence-electron chi connectivity index (χ3n) is 7.85. The van der Waals surface area contributed by atoms with E-state index in [0.29, 0.717) is 18.3 Å². The Bertz CT molecular complexity index is 927. The van der Waals surface area contributed by atoms with Crippen LogP contribution in [-0.4, -0.2) is 52.8 Å². The molecule has 3 atom stereocenters. The second kappa shape index (κ2) is 11.3. The summed E-state index contributed by atoms with van der Waals surface area (Å²) in [7, 11) is 1.64. The molecule has 2 heterocycles. The monoisotopic (exact) mass is 454 g/mol. The van der Waals surface area contributed by atoms with Crippen molar-refractivity contribution in [3.63, 3.8) is 0 Å². The number of aliphatic carboxylic acids is 1. The van der Waals surface area contributed by atoms with E-state index in [-0.39, 0.29) is 6.42 Å². The van der Waals surface area contributed by atoms with Crippen LogP contribution in [0.25, 0.3) is 10.9 Å². The van der Waals surface area contributed by atoms with Gasteiger partial charge in [0.2, 0.25) is 0 Å². The molecule has 4 rings (SSSR count). The number of methoxy groups -OCH3 is 1. The molecule has 1 saturated heterocycles. The molecule has 0 radical (unpaired) electrons. The summed E-state index contributed by atoms with van der Waals surface area (Å²) in [6, 6.07) is 7.65. The van der Waals surface area contributed by atoms with Crippen LogP contribution in [0.15, 0.2) is 30.5 Å². The summed E-state index contributed by atoms with van der Waals surface area (Å²) in [5, 5.41) is 21.3. The van der Waals surface area contributed by atoms with E-state index in [1.807, 2.05) is 24.3 Å². The van der Waals surface area contributed by atoms with Crippen molar-refractivity contribution < 1.29 is 19.7 Å². The fraction of sp³-hybridized carbons (Fsp3) is 0.630. The highest BCUT2D eigenvalue weighted by atomic mass is 16.5. The van der Waals surface area contributed by atoms with Crippen LogP contribution in [0.1, 0.15) is 69.5 Å². The number of ether oxygens (including phenoxy) is 1. The van der Waals surface area contributed by atoms with Gasteiger partial charge in [-0.3, -0.25) is 9.78 Å². The summed E-state index contributed by atoms with van der Waals surface area (Å²) >= 11 is 0. The van der Waals surface area contributed by atoms with Gasteiger partial charge in [-0.05, 0) is 92.7 Å². The number of carbonyl (C=O) groups is 1. The van der Waals surface area contributed by atoms with Gasteiger partial charge in [0.05, 0.1) is 18.7 Å². The molecule has 6 heteroatoms. The molecule has 0 spiro atoms. The average molecular weight is 455 g/mol. The van der Waals surface area contributed by atoms with Gasteiger partial charge in [0.25, 0.3) is 0 Å². The molecular formula is C27H38N2O4. The molecule has 1 aromatic carbocycles. The Labute approximate surface area is 197 Å². The van der Waals surface area contributed by atoms with E-state index < -0.39 is 12.1 Å². The lowest BCUT2D eigenvalue weighted by Crippen LogP contribution is -2.42. The smallest absolute Gasteiger partial charge is 0.303 e. The number of pyridine rings is 1. The summed E-state index contributed by atoms with van der Waals surface area (Å²) in [6.45, 7) is 3.26. The number of piperidine rings is 1. The highest BCUT2D eigenvalue weighted by molar-refractivity contribution is 5.83. The SMILES string of the molecule is COc1ccc2nccc([C@@H](O)CCC3CCN(CC4CCCC4)CC3CCC(=O)O)c2c1. The first-order valence-electron chi connectivity index (χ1n) is 12.6. The molecule has 1 aromatic heterocycles. The molecule has 180 valence electrons. The van der Waals surface area contributed by atoms with Crippen LogP contribution in [0, 0.1) is 17.8 Å². The molecule has 2 aliphatic rings. The standard InChI is InChI=1S/C27H38N2O4/c1-33-22-8-9-25-24(16-22)23(12-14-28-25)26(30)10-6-20-13-15-29(17-19-4-2-3-5-19)18-21(20)7-11-27(31)32/h8-9,12,14,16,19-21,26,30H,2-7,10-11,13,15,17-18H2,1H3,(H,31,32)/t20?,21?,26-/m0/s1. The van der Waals surface area contributed by atoms with Crippen LogP contribution in [-0.2, 0) is 4.79 Å². The maximum absolute atomic E-state index is 11.3. The number of carboxylic acids is 1. The number of benzene rings is 1. The molecule has 0 bridgehead atoms. The van der Waals surface area contributed by atoms with Crippen LogP contribution in [0.2, 0.25) is 0 Å². The summed E-state index contributed by atoms with van der Waals surface area (Å²) in [6.07, 6.45) is 10.2. The lowest BCUT2D eigenvalue weighted by Gasteiger charge is -2.40. The molecule has 2 aromatic rings. The lowest BCUT2D eigenvalue weighted by atomic mass is 9.78. The molecular weight excluding hydrogens is 416 g/mol. The minimum absolute atomic E-state index is 0.232. The van der Waals surface area contributed by atoms with E-state index in [4.69, 9.17) is 4.74 Å². The molecule has 33 heavy (non-hydrogen) atoms. The zero-order chi connectivity index (χ0) is 23.2. The normalized spacial score (nSPS) is 23.1. The number of aliphatic hydroxyl groups is 1. The fourth-order valence-corrected chi connectivity index (χ4v) is 5.99. The molecule has 2 fully saturated rings. The molecule has 1 saturated carbocycles. The number of rotatable bonds is 10. The second-order valence-electron chi connectivity index (χ2n) is 10.0. The zero-order valence-corrected chi connectivity index (χ0v) is 19.8. The van der Waals surface area contributed by atoms with Gasteiger partial charge in [0, 0.05) is 31.1 Å². The second-order valence-corrected chi connectivity index (χ2v) is 10.0. The summed E-state index contributed by atoms with van der Waals surface area (Å²) in [5.74, 6) is 1.71. The van der Waals surface area contributed by atoms with Crippen LogP contribution in [0.4, 0.5) is 0 Å². The highest BCUT2D eigenvalue weighted by Gasteiger charge is 2.31. The summed E-state index contributed by atoms with van der Waals surface area (Å²) < 4.78 is 5.37. The van der Waals surface area contributed by atoms with Crippen LogP contribution >= 0.6 is 0 Å². The first kappa shape index (κ1) is 24.0. The van der Waals surface area contributed by atoms with E-state index >= 15 is 0 Å². The van der Waals surface area contributed by atoms with Gasteiger partial charge >= 0.3 is 5.97 Å². The maximum atomic E-state index is 11.3. The van der Waals surface area contributed by atoms with E-state index in [1.165, 1.54) is 32.2 Å². The fourth-order valence-electron chi connectivity index (χ4n) is 5.99. The van der Waals surface area contributed by atoms with Crippen molar-refractivity contribution in [3.8, 4) is 5.75 Å². The Morgan fingerprint density at radius 2 is 2.00 bits per heavy atom. The molecule has 1 aliphatic heterocycles. The predicted octanol–water partition coefficient (Wildman–Crippen LogP) is 5.05. The van der Waals surface area contributed by atoms with Gasteiger partial charge in [-0.15, -0.1) is 0 Å². The van der Waals surface area contributed by atoms with E-state index in [1.54, 1.807) is 13.3 Å². The number of carboxylic acid groups (broad SMARTS) is 1. The van der Waals surface area contributed by atoms with Gasteiger partial charge in [-0.25, -0.2) is 0 Å². The van der Waals surface area contributed by atoms with Crippen molar-refractivity contribution >= 4 is 16.9 Å². The Kier molecular flexibility index (Phi) is 8.20. The highest BCUT2D eigenvalue weighted by Crippen LogP contribution is 2.36. The first-order valence-corrected chi connectivity index (χ1v) is 12.6. The lowest BCUT2D eigenvalue weighted by molar-refractivity contribution is -0.137. The Hall–Kier alpha value is -2.18. The van der Waals surface area contributed by atoms with Crippen molar-refractivity contribution in [2.75, 3.05) is 26.7 Å². The molecule has 2 N–H and O–H groups in total. The topological polar surface area (TPSA) is 82.9 Å². The van der Waals surface area contributed by atoms with Crippen molar-refractivity contribution in [1.29, 1.82) is 0 Å². The van der Waals surface area contributed by atoms with Crippen LogP contribution in [0.3, 0.4) is 0 Å². The van der Waals surface area contributed by atoms with E-state index in [9.17, 15) is 15.0 Å². The third kappa shape index (κ3) is 6.24. The number of likely N-dealkylation sites (tertiary alicyclic amines) is 1. The first-order chi connectivity index (χ1) is 16.0. The average Bonchev–Trinajstić information content (AvgIpc) is 3.34. The number of nitrogens with zero attached hydrogens (tertiary/aromatic N) is 2. The van der Waals surface area contributed by atoms with E-state index in [2.05, 4.69) is 9.88 Å². The van der Waals surface area contributed by atoms with Crippen molar-refractivity contribution in [2.24, 2.45) is 17.8 Å². The zero-order valence-electron chi connectivity index (χ0n) is 19.8. The Balaban J connectivity index is 1.40. The Morgan fingerprint density at radius 1 is 1.18 bits per heavy atom. The molecule has 6 nitrogen and oxygen atoms in total. The maximum Gasteiger partial charge on any atom is 0.303 e. The number of hydrogen-bond acceptors (Lipinski definition) is 5. The largest absolute Gasteiger partial charge is 0.497 e. The van der Waals surface area contributed by atoms with Gasteiger partial charge in [0.1, 0.15) is 5.75 Å². The van der Waals surface area contributed by atoms with Crippen molar-refractivity contribution in [1.82, 2.24) is 9.88 Å². The van der Waals surface area contributed by atoms with Gasteiger partial charge in [-0.1, -0.05) is 12.8 Å². The number of aliphatic hydroxyl groups excluding tert-OH is 1. The summed E-state index contributed by atoms with van der Waals surface area (Å²) in [4.78, 5) is 18.3. The van der Waals surface area contributed by atoms with Crippen molar-refractivity contribution in [3.05, 3.63) is 36.0 Å². The molecule has 1 aliphatic carbocycles. The van der Waals surface area contributed by atoms with Gasteiger partial charge in [0.15, 0.2) is 0 Å². The van der Waals surface area contributed by atoms with Crippen molar-refractivity contribution in [2.45, 2.75) is 63.9 Å². The predicted molar refractivity (Wildman–Crippen MR) is 129 cm³/mol. The minimum Gasteiger partial charge on any atom is -0.497 e. The number of aromatic nitrogens is 1. The quantitative estimate of drug-likeness (QED) is 0.523. The van der Waals surface area contributed by atoms with Crippen LogP contribution in [0.5, 0.6) is 5.75 Å². The van der Waals surface area contributed by atoms with Gasteiger partial charge < -0.3 is 19.8 Å². The minimum atomic E-state index is -0.709. The number of fused-ring (bicyclic) bond motifs is 1. The van der Waals surface area contributed by atoms with Gasteiger partial charge in [-0.2, -0.15) is 0 Å². The van der Waals surface area contributed by atoms with Crippen LogP contribution < -0.4 is 4.74 Å². The number of hydrogen-bond donors (Lipinski definition) is 2.